The average Bonchev–Trinajstić information content (AvgIpc) is 2.41. The van der Waals surface area contributed by atoms with Gasteiger partial charge < -0.3 is 5.73 Å². The normalized spacial score (nSPS) is 13.2. The summed E-state index contributed by atoms with van der Waals surface area (Å²) in [5.41, 5.74) is 5.32. The van der Waals surface area contributed by atoms with E-state index in [4.69, 9.17) is 5.73 Å². The lowest BCUT2D eigenvalue weighted by molar-refractivity contribution is -0.138. The third-order valence-corrected chi connectivity index (χ3v) is 3.61. The Morgan fingerprint density at radius 2 is 1.76 bits per heavy atom. The Kier molecular flexibility index (Phi) is 4.68. The van der Waals surface area contributed by atoms with Crippen molar-refractivity contribution in [3.63, 3.8) is 0 Å². The highest BCUT2D eigenvalue weighted by atomic mass is 79.9. The van der Waals surface area contributed by atoms with Crippen LogP contribution in [0.15, 0.2) is 46.9 Å². The summed E-state index contributed by atoms with van der Waals surface area (Å²) >= 11 is 3.13. The Bertz CT molecular complexity index is 640. The number of alkyl halides is 3. The van der Waals surface area contributed by atoms with Crippen molar-refractivity contribution in [1.82, 2.24) is 0 Å². The van der Waals surface area contributed by atoms with E-state index in [0.29, 0.717) is 4.47 Å². The summed E-state index contributed by atoms with van der Waals surface area (Å²) in [7, 11) is 0. The third kappa shape index (κ3) is 3.83. The molecule has 0 aromatic heterocycles. The van der Waals surface area contributed by atoms with E-state index in [9.17, 15) is 17.6 Å². The van der Waals surface area contributed by atoms with Crippen LogP contribution in [-0.2, 0) is 12.6 Å². The molecule has 21 heavy (non-hydrogen) atoms. The second kappa shape index (κ2) is 6.15. The Labute approximate surface area is 127 Å². The lowest BCUT2D eigenvalue weighted by Gasteiger charge is -2.18. The van der Waals surface area contributed by atoms with Gasteiger partial charge in [-0.1, -0.05) is 40.2 Å². The van der Waals surface area contributed by atoms with Crippen LogP contribution >= 0.6 is 15.9 Å². The molecule has 0 bridgehead atoms. The molecule has 0 saturated carbocycles. The van der Waals surface area contributed by atoms with Crippen LogP contribution < -0.4 is 5.73 Å². The molecular formula is C15H12BrF4N. The van der Waals surface area contributed by atoms with Crippen molar-refractivity contribution in [3.8, 4) is 0 Å². The van der Waals surface area contributed by atoms with Gasteiger partial charge in [0.15, 0.2) is 0 Å². The predicted octanol–water partition coefficient (Wildman–Crippen LogP) is 4.85. The van der Waals surface area contributed by atoms with E-state index in [2.05, 4.69) is 15.9 Å². The van der Waals surface area contributed by atoms with Crippen LogP contribution in [0.2, 0.25) is 0 Å². The van der Waals surface area contributed by atoms with Crippen LogP contribution in [0.5, 0.6) is 0 Å². The highest BCUT2D eigenvalue weighted by Crippen LogP contribution is 2.35. The molecule has 0 spiro atoms. The van der Waals surface area contributed by atoms with Crippen molar-refractivity contribution < 1.29 is 17.6 Å². The molecule has 0 aliphatic carbocycles. The number of hydrogen-bond acceptors (Lipinski definition) is 1. The maximum absolute atomic E-state index is 13.8. The topological polar surface area (TPSA) is 26.0 Å². The molecule has 0 fully saturated rings. The average molecular weight is 362 g/mol. The third-order valence-electron chi connectivity index (χ3n) is 3.12. The molecule has 2 rings (SSSR count). The Hall–Kier alpha value is -1.40. The minimum atomic E-state index is -4.48. The van der Waals surface area contributed by atoms with E-state index in [-0.39, 0.29) is 17.5 Å². The quantitative estimate of drug-likeness (QED) is 0.777. The Morgan fingerprint density at radius 3 is 2.38 bits per heavy atom. The summed E-state index contributed by atoms with van der Waals surface area (Å²) < 4.78 is 53.1. The standard InChI is InChI=1S/C15H12BrF4N/c16-10-6-5-9(13(17)8-10)7-14(21)11-3-1-2-4-12(11)15(18,19)20/h1-6,8,14H,7,21H2. The zero-order valence-electron chi connectivity index (χ0n) is 10.8. The highest BCUT2D eigenvalue weighted by molar-refractivity contribution is 9.10. The summed E-state index contributed by atoms with van der Waals surface area (Å²) in [6, 6.07) is 8.56. The molecule has 1 unspecified atom stereocenters. The van der Waals surface area contributed by atoms with Crippen molar-refractivity contribution in [1.29, 1.82) is 0 Å². The van der Waals surface area contributed by atoms with Gasteiger partial charge in [-0.25, -0.2) is 4.39 Å². The van der Waals surface area contributed by atoms with Gasteiger partial charge in [0.05, 0.1) is 5.56 Å². The summed E-state index contributed by atoms with van der Waals surface area (Å²) in [4.78, 5) is 0. The lowest BCUT2D eigenvalue weighted by Crippen LogP contribution is -2.19. The second-order valence-electron chi connectivity index (χ2n) is 4.63. The van der Waals surface area contributed by atoms with Crippen LogP contribution in [0, 0.1) is 5.82 Å². The molecule has 2 aromatic carbocycles. The van der Waals surface area contributed by atoms with E-state index < -0.39 is 23.6 Å². The van der Waals surface area contributed by atoms with Crippen LogP contribution in [0.25, 0.3) is 0 Å². The van der Waals surface area contributed by atoms with Gasteiger partial charge in [-0.3, -0.25) is 0 Å². The molecule has 0 saturated heterocycles. The molecular weight excluding hydrogens is 350 g/mol. The van der Waals surface area contributed by atoms with E-state index >= 15 is 0 Å². The molecule has 2 N–H and O–H groups in total. The van der Waals surface area contributed by atoms with Crippen molar-refractivity contribution >= 4 is 15.9 Å². The number of nitrogens with two attached hydrogens (primary N) is 1. The summed E-state index contributed by atoms with van der Waals surface area (Å²) in [6.45, 7) is 0. The molecule has 0 aliphatic rings. The first-order valence-corrected chi connectivity index (χ1v) is 6.94. The van der Waals surface area contributed by atoms with Crippen LogP contribution in [0.4, 0.5) is 17.6 Å². The largest absolute Gasteiger partial charge is 0.416 e. The molecule has 1 nitrogen and oxygen atoms in total. The fourth-order valence-corrected chi connectivity index (χ4v) is 2.45. The van der Waals surface area contributed by atoms with Gasteiger partial charge in [-0.05, 0) is 35.7 Å². The van der Waals surface area contributed by atoms with Crippen LogP contribution in [0.3, 0.4) is 0 Å². The monoisotopic (exact) mass is 361 g/mol. The molecule has 1 atom stereocenters. The molecule has 112 valence electrons. The van der Waals surface area contributed by atoms with Crippen molar-refractivity contribution in [2.45, 2.75) is 18.6 Å². The zero-order valence-corrected chi connectivity index (χ0v) is 12.4. The van der Waals surface area contributed by atoms with Gasteiger partial charge in [0.1, 0.15) is 5.82 Å². The SMILES string of the molecule is NC(Cc1ccc(Br)cc1F)c1ccccc1C(F)(F)F. The van der Waals surface area contributed by atoms with E-state index in [1.807, 2.05) is 0 Å². The Balaban J connectivity index is 2.31. The maximum atomic E-state index is 13.8. The van der Waals surface area contributed by atoms with Gasteiger partial charge in [0.2, 0.25) is 0 Å². The van der Waals surface area contributed by atoms with Gasteiger partial charge in [0, 0.05) is 10.5 Å². The van der Waals surface area contributed by atoms with Gasteiger partial charge in [-0.15, -0.1) is 0 Å². The smallest absolute Gasteiger partial charge is 0.324 e. The van der Waals surface area contributed by atoms with Crippen molar-refractivity contribution in [2.24, 2.45) is 5.73 Å². The predicted molar refractivity (Wildman–Crippen MR) is 76.2 cm³/mol. The zero-order chi connectivity index (χ0) is 15.6. The van der Waals surface area contributed by atoms with Gasteiger partial charge in [0.25, 0.3) is 0 Å². The first-order valence-electron chi connectivity index (χ1n) is 6.14. The second-order valence-corrected chi connectivity index (χ2v) is 5.55. The van der Waals surface area contributed by atoms with Crippen molar-refractivity contribution in [3.05, 3.63) is 69.4 Å². The van der Waals surface area contributed by atoms with Gasteiger partial charge >= 0.3 is 6.18 Å². The van der Waals surface area contributed by atoms with Crippen LogP contribution in [-0.4, -0.2) is 0 Å². The van der Waals surface area contributed by atoms with Crippen molar-refractivity contribution in [2.75, 3.05) is 0 Å². The minimum absolute atomic E-state index is 0.00773. The summed E-state index contributed by atoms with van der Waals surface area (Å²) in [5, 5.41) is 0. The number of halogens is 5. The Morgan fingerprint density at radius 1 is 1.10 bits per heavy atom. The maximum Gasteiger partial charge on any atom is 0.416 e. The first kappa shape index (κ1) is 16.0. The molecule has 0 amide bonds. The molecule has 2 aromatic rings. The number of benzene rings is 2. The summed E-state index contributed by atoms with van der Waals surface area (Å²) in [5.74, 6) is -0.496. The lowest BCUT2D eigenvalue weighted by atomic mass is 9.95. The molecule has 0 heterocycles. The van der Waals surface area contributed by atoms with E-state index in [0.717, 1.165) is 6.07 Å². The highest BCUT2D eigenvalue weighted by Gasteiger charge is 2.34. The van der Waals surface area contributed by atoms with E-state index in [1.165, 1.54) is 30.3 Å². The molecule has 0 radical (unpaired) electrons. The number of rotatable bonds is 3. The fourth-order valence-electron chi connectivity index (χ4n) is 2.11. The van der Waals surface area contributed by atoms with E-state index in [1.54, 1.807) is 6.07 Å². The number of hydrogen-bond donors (Lipinski definition) is 1. The van der Waals surface area contributed by atoms with Gasteiger partial charge in [-0.2, -0.15) is 13.2 Å². The summed E-state index contributed by atoms with van der Waals surface area (Å²) in [6.07, 6.45) is -4.49. The fraction of sp³-hybridized carbons (Fsp3) is 0.200. The minimum Gasteiger partial charge on any atom is -0.324 e. The molecule has 6 heteroatoms. The molecule has 0 aliphatic heterocycles. The first-order chi connectivity index (χ1) is 9.79. The van der Waals surface area contributed by atoms with Crippen LogP contribution in [0.1, 0.15) is 22.7 Å².